The van der Waals surface area contributed by atoms with E-state index in [1.807, 2.05) is 0 Å². The first kappa shape index (κ1) is 10.5. The van der Waals surface area contributed by atoms with Gasteiger partial charge in [0, 0.05) is 0 Å². The van der Waals surface area contributed by atoms with E-state index < -0.39 is 71.6 Å². The Morgan fingerprint density at radius 3 is 1.55 bits per heavy atom. The highest BCUT2D eigenvalue weighted by Crippen LogP contribution is 2.77. The molecule has 4 bridgehead atoms. The van der Waals surface area contributed by atoms with Gasteiger partial charge < -0.3 is 29.2 Å². The molecule has 6 aliphatic heterocycles. The number of carbonyl (C=O) groups excluding carboxylic acids is 2. The maximum absolute atomic E-state index is 12.5. The Balaban J connectivity index is 1.74. The lowest BCUT2D eigenvalue weighted by molar-refractivity contribution is -0.161. The van der Waals surface area contributed by atoms with Crippen molar-refractivity contribution < 1.29 is 38.7 Å². The molecule has 0 unspecified atom stereocenters. The van der Waals surface area contributed by atoms with Crippen LogP contribution in [0, 0.1) is 10.8 Å². The number of carbonyl (C=O) groups is 2. The summed E-state index contributed by atoms with van der Waals surface area (Å²) < 4.78 is 21.9. The van der Waals surface area contributed by atoms with E-state index in [1.165, 1.54) is 0 Å². The van der Waals surface area contributed by atoms with Gasteiger partial charge in [0.15, 0.2) is 12.2 Å². The van der Waals surface area contributed by atoms with Crippen molar-refractivity contribution >= 4 is 11.9 Å². The van der Waals surface area contributed by atoms with Crippen molar-refractivity contribution in [3.05, 3.63) is 0 Å². The monoisotopic (exact) mass is 282 g/mol. The van der Waals surface area contributed by atoms with Crippen molar-refractivity contribution in [3.8, 4) is 0 Å². The second kappa shape index (κ2) is 2.50. The molecular formula is C12H10O8. The average molecular weight is 282 g/mol. The Bertz CT molecular complexity index is 552. The molecule has 6 rings (SSSR count). The van der Waals surface area contributed by atoms with E-state index >= 15 is 0 Å². The number of fused-ring (bicyclic) bond motifs is 2. The summed E-state index contributed by atoms with van der Waals surface area (Å²) in [4.78, 5) is 25.0. The number of rotatable bonds is 0. The van der Waals surface area contributed by atoms with Gasteiger partial charge in [-0.05, 0) is 0 Å². The van der Waals surface area contributed by atoms with Crippen molar-refractivity contribution in [1.82, 2.24) is 0 Å². The fraction of sp³-hybridized carbons (Fsp3) is 0.833. The maximum Gasteiger partial charge on any atom is 0.319 e. The smallest absolute Gasteiger partial charge is 0.319 e. The number of hydrogen-bond acceptors (Lipinski definition) is 8. The van der Waals surface area contributed by atoms with Crippen LogP contribution in [0.15, 0.2) is 0 Å². The van der Waals surface area contributed by atoms with E-state index in [9.17, 15) is 19.8 Å². The van der Waals surface area contributed by atoms with Crippen molar-refractivity contribution in [3.63, 3.8) is 0 Å². The highest BCUT2D eigenvalue weighted by molar-refractivity contribution is 5.97. The van der Waals surface area contributed by atoms with Crippen LogP contribution in [0.3, 0.4) is 0 Å². The number of hydrogen-bond donors (Lipinski definition) is 2. The third-order valence-electron chi connectivity index (χ3n) is 6.12. The van der Waals surface area contributed by atoms with Gasteiger partial charge in [-0.15, -0.1) is 0 Å². The molecule has 106 valence electrons. The first-order valence-corrected chi connectivity index (χ1v) is 6.65. The fourth-order valence-corrected chi connectivity index (χ4v) is 5.59. The molecule has 0 aromatic heterocycles. The molecule has 10 atom stereocenters. The van der Waals surface area contributed by atoms with Gasteiger partial charge in [0.2, 0.25) is 0 Å². The molecule has 6 heterocycles. The van der Waals surface area contributed by atoms with Crippen LogP contribution in [-0.2, 0) is 28.5 Å². The predicted octanol–water partition coefficient (Wildman–Crippen LogP) is -2.91. The summed E-state index contributed by atoms with van der Waals surface area (Å²) >= 11 is 0. The van der Waals surface area contributed by atoms with Crippen LogP contribution in [0.25, 0.3) is 0 Å². The first-order chi connectivity index (χ1) is 9.56. The molecule has 2 N–H and O–H groups in total. The van der Waals surface area contributed by atoms with Crippen LogP contribution < -0.4 is 0 Å². The molecule has 0 amide bonds. The number of aliphatic hydroxyl groups is 2. The van der Waals surface area contributed by atoms with Gasteiger partial charge in [-0.1, -0.05) is 0 Å². The number of esters is 2. The van der Waals surface area contributed by atoms with Gasteiger partial charge in [0.1, 0.15) is 47.5 Å². The molecule has 6 aliphatic rings. The van der Waals surface area contributed by atoms with Crippen LogP contribution in [0.2, 0.25) is 0 Å². The SMILES string of the molecule is O=C1O[C@@H]2[C@@H](O)[C@H]3O[C@@H]2[C@@]12[C@@H]1O[C@H]4[C@@H](OC(=O)[C@]342)[C@H]1O. The van der Waals surface area contributed by atoms with Crippen LogP contribution >= 0.6 is 0 Å². The minimum atomic E-state index is -1.37. The Hall–Kier alpha value is -1.22. The van der Waals surface area contributed by atoms with E-state index in [-0.39, 0.29) is 0 Å². The fourth-order valence-electron chi connectivity index (χ4n) is 5.59. The largest absolute Gasteiger partial charge is 0.456 e. The lowest BCUT2D eigenvalue weighted by Crippen LogP contribution is -2.67. The minimum absolute atomic E-state index is 0.629. The Kier molecular flexibility index (Phi) is 1.31. The van der Waals surface area contributed by atoms with E-state index in [1.54, 1.807) is 0 Å². The third-order valence-corrected chi connectivity index (χ3v) is 6.12. The molecule has 0 saturated carbocycles. The van der Waals surface area contributed by atoms with E-state index in [0.29, 0.717) is 0 Å². The van der Waals surface area contributed by atoms with Gasteiger partial charge in [-0.3, -0.25) is 9.59 Å². The molecule has 2 spiro atoms. The highest BCUT2D eigenvalue weighted by Gasteiger charge is 2.98. The van der Waals surface area contributed by atoms with Crippen LogP contribution in [0.4, 0.5) is 0 Å². The van der Waals surface area contributed by atoms with Crippen molar-refractivity contribution in [2.75, 3.05) is 0 Å². The topological polar surface area (TPSA) is 112 Å². The van der Waals surface area contributed by atoms with Gasteiger partial charge >= 0.3 is 11.9 Å². The molecule has 0 radical (unpaired) electrons. The zero-order chi connectivity index (χ0) is 13.6. The van der Waals surface area contributed by atoms with Gasteiger partial charge in [-0.2, -0.15) is 0 Å². The molecule has 20 heavy (non-hydrogen) atoms. The minimum Gasteiger partial charge on any atom is -0.456 e. The molecule has 8 nitrogen and oxygen atoms in total. The van der Waals surface area contributed by atoms with Crippen molar-refractivity contribution in [1.29, 1.82) is 0 Å². The lowest BCUT2D eigenvalue weighted by atomic mass is 9.50. The van der Waals surface area contributed by atoms with E-state index in [0.717, 1.165) is 0 Å². The summed E-state index contributed by atoms with van der Waals surface area (Å²) in [7, 11) is 0. The van der Waals surface area contributed by atoms with Gasteiger partial charge in [-0.25, -0.2) is 0 Å². The molecule has 6 fully saturated rings. The van der Waals surface area contributed by atoms with Gasteiger partial charge in [0.05, 0.1) is 0 Å². The zero-order valence-electron chi connectivity index (χ0n) is 9.96. The average Bonchev–Trinajstić information content (AvgIpc) is 3.12. The van der Waals surface area contributed by atoms with Crippen molar-refractivity contribution in [2.45, 2.75) is 48.8 Å². The molecule has 0 aromatic carbocycles. The molecule has 0 aromatic rings. The molecule has 0 aliphatic carbocycles. The maximum atomic E-state index is 12.5. The Morgan fingerprint density at radius 2 is 1.15 bits per heavy atom. The zero-order valence-corrected chi connectivity index (χ0v) is 9.96. The van der Waals surface area contributed by atoms with Crippen LogP contribution in [-0.4, -0.2) is 71.0 Å². The summed E-state index contributed by atoms with van der Waals surface area (Å²) in [5, 5.41) is 20.5. The third kappa shape index (κ3) is 0.595. The predicted molar refractivity (Wildman–Crippen MR) is 54.0 cm³/mol. The lowest BCUT2D eigenvalue weighted by Gasteiger charge is -2.41. The summed E-state index contributed by atoms with van der Waals surface area (Å²) in [6.45, 7) is 0. The standard InChI is InChI=1S/C12H10O8/c13-1-3-7-12(10(16)17-3)6-2(14)4-8(20-6)11(12,5(1)19-7)9(15)18-4/h1-8,13-14H/t1-,2-,3-,4+,5-,6-,7+,8+,11+,12+/m1/s1. The summed E-state index contributed by atoms with van der Waals surface area (Å²) in [5.41, 5.74) is -2.73. The van der Waals surface area contributed by atoms with Crippen LogP contribution in [0.1, 0.15) is 0 Å². The molecular weight excluding hydrogens is 272 g/mol. The second-order valence-electron chi connectivity index (χ2n) is 6.41. The van der Waals surface area contributed by atoms with Crippen molar-refractivity contribution in [2.24, 2.45) is 10.8 Å². The normalized spacial score (nSPS) is 70.5. The highest BCUT2D eigenvalue weighted by atomic mass is 16.7. The Labute approximate surface area is 111 Å². The first-order valence-electron chi connectivity index (χ1n) is 6.65. The van der Waals surface area contributed by atoms with Crippen LogP contribution in [0.5, 0.6) is 0 Å². The quantitative estimate of drug-likeness (QED) is 0.455. The number of aliphatic hydroxyl groups excluding tert-OH is 2. The van der Waals surface area contributed by atoms with E-state index in [2.05, 4.69) is 0 Å². The molecule has 6 saturated heterocycles. The Morgan fingerprint density at radius 1 is 0.750 bits per heavy atom. The molecule has 8 heteroatoms. The second-order valence-corrected chi connectivity index (χ2v) is 6.41. The van der Waals surface area contributed by atoms with Gasteiger partial charge in [0.25, 0.3) is 0 Å². The summed E-state index contributed by atoms with van der Waals surface area (Å²) in [5.74, 6) is -1.26. The summed E-state index contributed by atoms with van der Waals surface area (Å²) in [6, 6.07) is 0. The summed E-state index contributed by atoms with van der Waals surface area (Å²) in [6.07, 6.45) is -6.97. The number of ether oxygens (including phenoxy) is 4. The van der Waals surface area contributed by atoms with E-state index in [4.69, 9.17) is 18.9 Å².